The topological polar surface area (TPSA) is 32.3 Å². The average Bonchev–Trinajstić information content (AvgIpc) is 2.81. The van der Waals surface area contributed by atoms with Crippen LogP contribution in [0.4, 0.5) is 0 Å². The zero-order valence-electron chi connectivity index (χ0n) is 11.4. The van der Waals surface area contributed by atoms with E-state index in [9.17, 15) is 5.11 Å². The van der Waals surface area contributed by atoms with Gasteiger partial charge in [-0.1, -0.05) is 40.2 Å². The molecule has 0 saturated heterocycles. The summed E-state index contributed by atoms with van der Waals surface area (Å²) in [7, 11) is 0. The summed E-state index contributed by atoms with van der Waals surface area (Å²) in [5, 5.41) is 13.3. The van der Waals surface area contributed by atoms with Crippen molar-refractivity contribution in [1.29, 1.82) is 0 Å². The summed E-state index contributed by atoms with van der Waals surface area (Å²) in [5.74, 6) is 0.364. The Kier molecular flexibility index (Phi) is 3.81. The van der Waals surface area contributed by atoms with Crippen molar-refractivity contribution in [3.05, 3.63) is 63.6 Å². The highest BCUT2D eigenvalue weighted by atomic mass is 79.9. The van der Waals surface area contributed by atoms with Crippen molar-refractivity contribution < 1.29 is 5.11 Å². The van der Waals surface area contributed by atoms with E-state index in [1.54, 1.807) is 6.07 Å². The molecule has 2 aromatic carbocycles. The fourth-order valence-corrected chi connectivity index (χ4v) is 3.62. The van der Waals surface area contributed by atoms with E-state index in [4.69, 9.17) is 0 Å². The molecule has 0 amide bonds. The molecule has 2 N–H and O–H groups in total. The van der Waals surface area contributed by atoms with Crippen LogP contribution in [-0.2, 0) is 6.42 Å². The number of nitrogens with one attached hydrogen (secondary N) is 1. The smallest absolute Gasteiger partial charge is 0.115 e. The number of rotatable bonds is 3. The molecule has 3 heteroatoms. The third-order valence-corrected chi connectivity index (χ3v) is 4.75. The van der Waals surface area contributed by atoms with Gasteiger partial charge in [-0.05, 0) is 54.7 Å². The van der Waals surface area contributed by atoms with Gasteiger partial charge in [0.05, 0.1) is 0 Å². The fourth-order valence-electron chi connectivity index (χ4n) is 2.99. The molecule has 2 unspecified atom stereocenters. The van der Waals surface area contributed by atoms with Crippen LogP contribution in [-0.4, -0.2) is 5.11 Å². The molecule has 20 heavy (non-hydrogen) atoms. The highest BCUT2D eigenvalue weighted by Crippen LogP contribution is 2.35. The van der Waals surface area contributed by atoms with Crippen LogP contribution in [0.15, 0.2) is 46.9 Å². The Morgan fingerprint density at radius 2 is 2.05 bits per heavy atom. The van der Waals surface area contributed by atoms with Crippen LogP contribution >= 0.6 is 15.9 Å². The summed E-state index contributed by atoms with van der Waals surface area (Å²) in [6.07, 6.45) is 2.12. The molecule has 1 aliphatic rings. The number of hydrogen-bond donors (Lipinski definition) is 2. The first-order valence-electron chi connectivity index (χ1n) is 6.97. The third kappa shape index (κ3) is 2.60. The van der Waals surface area contributed by atoms with Gasteiger partial charge in [0.2, 0.25) is 0 Å². The first-order chi connectivity index (χ1) is 9.65. The van der Waals surface area contributed by atoms with Gasteiger partial charge in [0.1, 0.15) is 5.75 Å². The van der Waals surface area contributed by atoms with Crippen molar-refractivity contribution in [3.8, 4) is 5.75 Å². The molecular weight excluding hydrogens is 314 g/mol. The molecule has 0 aromatic heterocycles. The van der Waals surface area contributed by atoms with E-state index in [1.807, 2.05) is 18.2 Å². The second-order valence-corrected chi connectivity index (χ2v) is 6.24. The SMILES string of the molecule is CC(NC1CCc2cc(O)ccc21)c1ccccc1Br. The zero-order valence-corrected chi connectivity index (χ0v) is 13.0. The Hall–Kier alpha value is -1.32. The van der Waals surface area contributed by atoms with Gasteiger partial charge in [-0.2, -0.15) is 0 Å². The second kappa shape index (κ2) is 5.58. The van der Waals surface area contributed by atoms with Gasteiger partial charge in [-0.3, -0.25) is 0 Å². The maximum Gasteiger partial charge on any atom is 0.115 e. The minimum Gasteiger partial charge on any atom is -0.508 e. The van der Waals surface area contributed by atoms with Crippen molar-refractivity contribution in [3.63, 3.8) is 0 Å². The first kappa shape index (κ1) is 13.7. The minimum absolute atomic E-state index is 0.287. The van der Waals surface area contributed by atoms with Crippen LogP contribution in [0.5, 0.6) is 5.75 Å². The fraction of sp³-hybridized carbons (Fsp3) is 0.294. The van der Waals surface area contributed by atoms with Crippen molar-refractivity contribution in [2.75, 3.05) is 0 Å². The van der Waals surface area contributed by atoms with Gasteiger partial charge in [0, 0.05) is 16.6 Å². The average molecular weight is 332 g/mol. The Morgan fingerprint density at radius 1 is 1.25 bits per heavy atom. The van der Waals surface area contributed by atoms with E-state index < -0.39 is 0 Å². The summed E-state index contributed by atoms with van der Waals surface area (Å²) in [4.78, 5) is 0. The Labute approximate surface area is 128 Å². The highest BCUT2D eigenvalue weighted by molar-refractivity contribution is 9.10. The standard InChI is InChI=1S/C17H18BrNO/c1-11(14-4-2-3-5-16(14)18)19-17-9-6-12-10-13(20)7-8-15(12)17/h2-5,7-8,10-11,17,19-20H,6,9H2,1H3. The number of aromatic hydroxyl groups is 1. The minimum atomic E-state index is 0.287. The molecule has 0 aliphatic heterocycles. The van der Waals surface area contributed by atoms with Gasteiger partial charge < -0.3 is 10.4 Å². The molecule has 104 valence electrons. The molecule has 0 fully saturated rings. The summed E-state index contributed by atoms with van der Waals surface area (Å²) >= 11 is 3.61. The van der Waals surface area contributed by atoms with E-state index in [2.05, 4.69) is 46.4 Å². The normalized spacial score (nSPS) is 18.8. The number of halogens is 1. The van der Waals surface area contributed by atoms with E-state index in [0.717, 1.165) is 17.3 Å². The number of phenols is 1. The van der Waals surface area contributed by atoms with Gasteiger partial charge in [0.15, 0.2) is 0 Å². The molecule has 3 rings (SSSR count). The van der Waals surface area contributed by atoms with Crippen LogP contribution in [0.25, 0.3) is 0 Å². The van der Waals surface area contributed by atoms with Crippen LogP contribution in [0, 0.1) is 0 Å². The number of aryl methyl sites for hydroxylation is 1. The molecule has 0 bridgehead atoms. The van der Waals surface area contributed by atoms with Gasteiger partial charge in [-0.25, -0.2) is 0 Å². The van der Waals surface area contributed by atoms with E-state index >= 15 is 0 Å². The van der Waals surface area contributed by atoms with Gasteiger partial charge in [-0.15, -0.1) is 0 Å². The molecule has 0 spiro atoms. The molecular formula is C17H18BrNO. The Balaban J connectivity index is 1.79. The number of fused-ring (bicyclic) bond motifs is 1. The predicted molar refractivity (Wildman–Crippen MR) is 84.9 cm³/mol. The molecule has 0 saturated carbocycles. The van der Waals surface area contributed by atoms with Crippen LogP contribution < -0.4 is 5.32 Å². The van der Waals surface area contributed by atoms with Crippen LogP contribution in [0.1, 0.15) is 42.1 Å². The number of phenolic OH excluding ortho intramolecular Hbond substituents is 1. The van der Waals surface area contributed by atoms with Crippen molar-refractivity contribution in [2.24, 2.45) is 0 Å². The molecule has 1 aliphatic carbocycles. The van der Waals surface area contributed by atoms with Crippen LogP contribution in [0.2, 0.25) is 0 Å². The molecule has 2 nitrogen and oxygen atoms in total. The number of benzene rings is 2. The summed E-state index contributed by atoms with van der Waals surface area (Å²) < 4.78 is 1.14. The molecule has 0 radical (unpaired) electrons. The zero-order chi connectivity index (χ0) is 14.1. The lowest BCUT2D eigenvalue weighted by molar-refractivity contribution is 0.463. The second-order valence-electron chi connectivity index (χ2n) is 5.38. The lowest BCUT2D eigenvalue weighted by atomic mass is 10.0. The quantitative estimate of drug-likeness (QED) is 0.868. The van der Waals surface area contributed by atoms with E-state index in [-0.39, 0.29) is 6.04 Å². The molecule has 2 atom stereocenters. The van der Waals surface area contributed by atoms with Gasteiger partial charge in [0.25, 0.3) is 0 Å². The lowest BCUT2D eigenvalue weighted by Crippen LogP contribution is -2.23. The molecule has 0 heterocycles. The molecule has 2 aromatic rings. The summed E-state index contributed by atoms with van der Waals surface area (Å²) in [6, 6.07) is 14.7. The first-order valence-corrected chi connectivity index (χ1v) is 7.76. The summed E-state index contributed by atoms with van der Waals surface area (Å²) in [6.45, 7) is 2.19. The van der Waals surface area contributed by atoms with Crippen molar-refractivity contribution in [2.45, 2.75) is 31.8 Å². The van der Waals surface area contributed by atoms with Crippen molar-refractivity contribution in [1.82, 2.24) is 5.32 Å². The number of hydrogen-bond acceptors (Lipinski definition) is 2. The van der Waals surface area contributed by atoms with Crippen molar-refractivity contribution >= 4 is 15.9 Å². The van der Waals surface area contributed by atoms with E-state index in [1.165, 1.54) is 16.7 Å². The Morgan fingerprint density at radius 3 is 2.85 bits per heavy atom. The lowest BCUT2D eigenvalue weighted by Gasteiger charge is -2.21. The summed E-state index contributed by atoms with van der Waals surface area (Å²) in [5.41, 5.74) is 3.86. The Bertz CT molecular complexity index is 626. The maximum atomic E-state index is 9.55. The highest BCUT2D eigenvalue weighted by Gasteiger charge is 2.24. The van der Waals surface area contributed by atoms with Crippen LogP contribution in [0.3, 0.4) is 0 Å². The third-order valence-electron chi connectivity index (χ3n) is 4.03. The monoisotopic (exact) mass is 331 g/mol. The predicted octanol–water partition coefficient (Wildman–Crippen LogP) is 4.49. The largest absolute Gasteiger partial charge is 0.508 e. The van der Waals surface area contributed by atoms with Gasteiger partial charge >= 0.3 is 0 Å². The van der Waals surface area contributed by atoms with E-state index in [0.29, 0.717) is 11.8 Å². The maximum absolute atomic E-state index is 9.55.